The fraction of sp³-hybridized carbons (Fsp3) is 0.286. The molecule has 0 fully saturated rings. The number of nitrogens with zero attached hydrogens (tertiary/aromatic N) is 3. The van der Waals surface area contributed by atoms with E-state index in [1.165, 1.54) is 11.8 Å². The number of hydrogen-bond donors (Lipinski definition) is 0. The van der Waals surface area contributed by atoms with Crippen molar-refractivity contribution in [2.45, 2.75) is 37.3 Å². The monoisotopic (exact) mass is 381 g/mol. The summed E-state index contributed by atoms with van der Waals surface area (Å²) in [4.78, 5) is 31.8. The maximum Gasteiger partial charge on any atom is 0.262 e. The molecule has 0 radical (unpaired) electrons. The van der Waals surface area contributed by atoms with Crippen LogP contribution in [0, 0.1) is 0 Å². The normalized spacial score (nSPS) is 12.1. The lowest BCUT2D eigenvalue weighted by Gasteiger charge is -2.22. The van der Waals surface area contributed by atoms with Crippen LogP contribution in [0.15, 0.2) is 64.5 Å². The van der Waals surface area contributed by atoms with Gasteiger partial charge in [-0.3, -0.25) is 14.2 Å². The first-order chi connectivity index (χ1) is 13.0. The molecule has 0 N–H and O–H groups in total. The molecule has 2 aromatic carbocycles. The Morgan fingerprint density at radius 3 is 2.52 bits per heavy atom. The number of carbonyl (C=O) groups is 1. The van der Waals surface area contributed by atoms with E-state index in [4.69, 9.17) is 0 Å². The molecule has 1 atom stereocenters. The molecule has 1 amide bonds. The van der Waals surface area contributed by atoms with Crippen LogP contribution in [0.3, 0.4) is 0 Å². The molecular formula is C21H23N3O2S. The van der Waals surface area contributed by atoms with E-state index in [9.17, 15) is 9.59 Å². The van der Waals surface area contributed by atoms with Crippen molar-refractivity contribution >= 4 is 28.6 Å². The van der Waals surface area contributed by atoms with Gasteiger partial charge in [-0.15, -0.1) is 0 Å². The molecule has 6 heteroatoms. The first-order valence-corrected chi connectivity index (χ1v) is 9.84. The van der Waals surface area contributed by atoms with Crippen LogP contribution in [0.1, 0.15) is 19.4 Å². The van der Waals surface area contributed by atoms with Crippen molar-refractivity contribution < 1.29 is 4.79 Å². The van der Waals surface area contributed by atoms with Crippen LogP contribution in [0.25, 0.3) is 10.9 Å². The number of hydrogen-bond acceptors (Lipinski definition) is 4. The minimum absolute atomic E-state index is 0.00825. The van der Waals surface area contributed by atoms with Gasteiger partial charge in [-0.25, -0.2) is 4.98 Å². The van der Waals surface area contributed by atoms with E-state index in [-0.39, 0.29) is 16.7 Å². The Hall–Kier alpha value is -2.60. The van der Waals surface area contributed by atoms with E-state index in [2.05, 4.69) is 4.98 Å². The van der Waals surface area contributed by atoms with E-state index in [1.807, 2.05) is 62.4 Å². The highest BCUT2D eigenvalue weighted by Crippen LogP contribution is 2.24. The molecule has 0 spiro atoms. The van der Waals surface area contributed by atoms with Gasteiger partial charge in [0.25, 0.3) is 5.56 Å². The highest BCUT2D eigenvalue weighted by atomic mass is 32.2. The quantitative estimate of drug-likeness (QED) is 0.484. The highest BCUT2D eigenvalue weighted by Gasteiger charge is 2.22. The summed E-state index contributed by atoms with van der Waals surface area (Å²) in [6.07, 6.45) is 0. The molecule has 0 aliphatic heterocycles. The summed E-state index contributed by atoms with van der Waals surface area (Å²) in [5, 5.41) is 0.837. The Balaban J connectivity index is 1.81. The number of thioether (sulfide) groups is 1. The zero-order valence-corrected chi connectivity index (χ0v) is 16.6. The van der Waals surface area contributed by atoms with Gasteiger partial charge < -0.3 is 4.90 Å². The minimum atomic E-state index is -0.343. The molecule has 1 aromatic heterocycles. The van der Waals surface area contributed by atoms with Gasteiger partial charge in [0.05, 0.1) is 16.2 Å². The molecule has 0 unspecified atom stereocenters. The predicted octanol–water partition coefficient (Wildman–Crippen LogP) is 3.56. The van der Waals surface area contributed by atoms with Crippen molar-refractivity contribution in [1.29, 1.82) is 0 Å². The first kappa shape index (κ1) is 19.2. The molecule has 3 aromatic rings. The fourth-order valence-corrected chi connectivity index (χ4v) is 4.06. The Morgan fingerprint density at radius 1 is 1.15 bits per heavy atom. The molecule has 0 aliphatic carbocycles. The average molecular weight is 382 g/mol. The van der Waals surface area contributed by atoms with Crippen LogP contribution < -0.4 is 5.56 Å². The lowest BCUT2D eigenvalue weighted by atomic mass is 10.2. The standard InChI is InChI=1S/C21H23N3O2S/c1-4-24-20(26)17-12-8-9-13-18(17)22-21(24)27-15(2)19(25)23(3)14-16-10-6-5-7-11-16/h5-13,15H,4,14H2,1-3H3/t15-/m1/s1. The molecular weight excluding hydrogens is 358 g/mol. The third kappa shape index (κ3) is 4.22. The van der Waals surface area contributed by atoms with Crippen LogP contribution in [0.2, 0.25) is 0 Å². The second-order valence-corrected chi connectivity index (χ2v) is 7.71. The maximum absolute atomic E-state index is 12.8. The average Bonchev–Trinajstić information content (AvgIpc) is 2.68. The van der Waals surface area contributed by atoms with Crippen molar-refractivity contribution in [3.8, 4) is 0 Å². The topological polar surface area (TPSA) is 55.2 Å². The van der Waals surface area contributed by atoms with Crippen LogP contribution >= 0.6 is 11.8 Å². The zero-order valence-electron chi connectivity index (χ0n) is 15.8. The van der Waals surface area contributed by atoms with E-state index >= 15 is 0 Å². The Kier molecular flexibility index (Phi) is 5.96. The van der Waals surface area contributed by atoms with E-state index in [0.717, 1.165) is 5.56 Å². The smallest absolute Gasteiger partial charge is 0.262 e. The van der Waals surface area contributed by atoms with E-state index < -0.39 is 0 Å². The van der Waals surface area contributed by atoms with Crippen LogP contribution in [-0.2, 0) is 17.9 Å². The van der Waals surface area contributed by atoms with Gasteiger partial charge >= 0.3 is 0 Å². The molecule has 0 aliphatic rings. The summed E-state index contributed by atoms with van der Waals surface area (Å²) in [5.41, 5.74) is 1.68. The zero-order chi connectivity index (χ0) is 19.4. The number of amides is 1. The van der Waals surface area contributed by atoms with Crippen molar-refractivity contribution in [3.63, 3.8) is 0 Å². The van der Waals surface area contributed by atoms with Gasteiger partial charge in [0.2, 0.25) is 5.91 Å². The van der Waals surface area contributed by atoms with Crippen molar-refractivity contribution in [1.82, 2.24) is 14.5 Å². The second kappa shape index (κ2) is 8.39. The largest absolute Gasteiger partial charge is 0.340 e. The van der Waals surface area contributed by atoms with Gasteiger partial charge in [0, 0.05) is 20.1 Å². The Bertz CT molecular complexity index is 1000. The molecule has 5 nitrogen and oxygen atoms in total. The summed E-state index contributed by atoms with van der Waals surface area (Å²) in [6.45, 7) is 4.84. The van der Waals surface area contributed by atoms with Gasteiger partial charge in [0.15, 0.2) is 5.16 Å². The summed E-state index contributed by atoms with van der Waals surface area (Å²) < 4.78 is 1.63. The van der Waals surface area contributed by atoms with Crippen LogP contribution in [0.5, 0.6) is 0 Å². The fourth-order valence-electron chi connectivity index (χ4n) is 2.97. The summed E-state index contributed by atoms with van der Waals surface area (Å²) >= 11 is 1.33. The van der Waals surface area contributed by atoms with Gasteiger partial charge in [-0.1, -0.05) is 54.2 Å². The van der Waals surface area contributed by atoms with Crippen LogP contribution in [0.4, 0.5) is 0 Å². The summed E-state index contributed by atoms with van der Waals surface area (Å²) in [7, 11) is 1.80. The van der Waals surface area contributed by atoms with E-state index in [0.29, 0.717) is 29.1 Å². The van der Waals surface area contributed by atoms with Crippen molar-refractivity contribution in [3.05, 3.63) is 70.5 Å². The molecule has 0 saturated heterocycles. The van der Waals surface area contributed by atoms with Gasteiger partial charge in [0.1, 0.15) is 0 Å². The lowest BCUT2D eigenvalue weighted by Crippen LogP contribution is -2.33. The predicted molar refractivity (Wildman–Crippen MR) is 110 cm³/mol. The number of fused-ring (bicyclic) bond motifs is 1. The van der Waals surface area contributed by atoms with Crippen molar-refractivity contribution in [2.24, 2.45) is 0 Å². The number of rotatable bonds is 6. The molecule has 0 bridgehead atoms. The molecule has 0 saturated carbocycles. The SMILES string of the molecule is CCn1c(S[C@H](C)C(=O)N(C)Cc2ccccc2)nc2ccccc2c1=O. The third-order valence-electron chi connectivity index (χ3n) is 4.41. The third-order valence-corrected chi connectivity index (χ3v) is 5.49. The number of aromatic nitrogens is 2. The van der Waals surface area contributed by atoms with Crippen molar-refractivity contribution in [2.75, 3.05) is 7.05 Å². The summed E-state index contributed by atoms with van der Waals surface area (Å²) in [5.74, 6) is 0.00825. The molecule has 27 heavy (non-hydrogen) atoms. The maximum atomic E-state index is 12.8. The molecule has 3 rings (SSSR count). The second-order valence-electron chi connectivity index (χ2n) is 6.40. The Morgan fingerprint density at radius 2 is 1.81 bits per heavy atom. The minimum Gasteiger partial charge on any atom is -0.340 e. The van der Waals surface area contributed by atoms with Gasteiger partial charge in [-0.2, -0.15) is 0 Å². The highest BCUT2D eigenvalue weighted by molar-refractivity contribution is 8.00. The van der Waals surface area contributed by atoms with Crippen LogP contribution in [-0.4, -0.2) is 32.7 Å². The van der Waals surface area contributed by atoms with Gasteiger partial charge in [-0.05, 0) is 31.5 Å². The van der Waals surface area contributed by atoms with E-state index in [1.54, 1.807) is 22.6 Å². The lowest BCUT2D eigenvalue weighted by molar-refractivity contribution is -0.129. The number of carbonyl (C=O) groups excluding carboxylic acids is 1. The molecule has 140 valence electrons. The number of para-hydroxylation sites is 1. The molecule has 1 heterocycles. The first-order valence-electron chi connectivity index (χ1n) is 8.96. The number of benzene rings is 2. The summed E-state index contributed by atoms with van der Waals surface area (Å²) in [6, 6.07) is 17.2. The Labute approximate surface area is 163 Å².